The highest BCUT2D eigenvalue weighted by molar-refractivity contribution is 5.96. The number of anilines is 3. The third kappa shape index (κ3) is 3.75. The van der Waals surface area contributed by atoms with Crippen molar-refractivity contribution in [2.75, 3.05) is 28.8 Å². The van der Waals surface area contributed by atoms with Crippen LogP contribution in [0.4, 0.5) is 22.9 Å². The number of nitro groups is 1. The van der Waals surface area contributed by atoms with E-state index in [-0.39, 0.29) is 5.69 Å². The standard InChI is InChI=1S/C21H20N8O2/c30-29(31)15-10-8-14(9-11-15)24-25-19-18-20(23-17-7-3-2-6-16(17)22-18)26-27-21(19)28-12-4-1-5-13-28/h2-3,6-11,24H,1,4-5,12-13H2,(H,23,25,26). The van der Waals surface area contributed by atoms with Gasteiger partial charge < -0.3 is 10.3 Å². The first-order valence-electron chi connectivity index (χ1n) is 10.1. The topological polar surface area (TPSA) is 122 Å². The highest BCUT2D eigenvalue weighted by Gasteiger charge is 2.21. The molecule has 5 rings (SSSR count). The lowest BCUT2D eigenvalue weighted by Gasteiger charge is -2.29. The summed E-state index contributed by atoms with van der Waals surface area (Å²) in [5.74, 6) is 0.714. The summed E-state index contributed by atoms with van der Waals surface area (Å²) in [5, 5.41) is 19.7. The van der Waals surface area contributed by atoms with Crippen LogP contribution in [0.5, 0.6) is 0 Å². The molecule has 0 saturated carbocycles. The van der Waals surface area contributed by atoms with Gasteiger partial charge in [0.2, 0.25) is 5.65 Å². The molecule has 1 fully saturated rings. The molecule has 0 radical (unpaired) electrons. The SMILES string of the molecule is O=[N+]([O-])c1ccc(NNc2c(N3CCCCC3)nnc3nc4ccccc4nc23)cc1. The number of hydrazine groups is 1. The molecular formula is C21H20N8O2. The predicted molar refractivity (Wildman–Crippen MR) is 119 cm³/mol. The number of piperidine rings is 1. The number of nitro benzene ring substituents is 1. The van der Waals surface area contributed by atoms with Crippen molar-refractivity contribution >= 4 is 45.1 Å². The number of hydrogen-bond donors (Lipinski definition) is 2. The van der Waals surface area contributed by atoms with Gasteiger partial charge >= 0.3 is 0 Å². The van der Waals surface area contributed by atoms with Crippen LogP contribution in [0.15, 0.2) is 48.5 Å². The van der Waals surface area contributed by atoms with Crippen LogP contribution < -0.4 is 15.8 Å². The average Bonchev–Trinajstić information content (AvgIpc) is 2.82. The molecule has 4 aromatic rings. The van der Waals surface area contributed by atoms with Crippen molar-refractivity contribution in [2.45, 2.75) is 19.3 Å². The Morgan fingerprint density at radius 1 is 0.871 bits per heavy atom. The van der Waals surface area contributed by atoms with Crippen LogP contribution in [0.1, 0.15) is 19.3 Å². The van der Waals surface area contributed by atoms with Crippen molar-refractivity contribution in [1.82, 2.24) is 20.2 Å². The summed E-state index contributed by atoms with van der Waals surface area (Å²) in [5.41, 5.74) is 10.3. The first kappa shape index (κ1) is 18.9. The van der Waals surface area contributed by atoms with Crippen molar-refractivity contribution in [3.8, 4) is 0 Å². The molecule has 0 unspecified atom stereocenters. The van der Waals surface area contributed by atoms with Crippen LogP contribution >= 0.6 is 0 Å². The Kier molecular flexibility index (Phi) is 4.87. The fourth-order valence-corrected chi connectivity index (χ4v) is 3.72. The van der Waals surface area contributed by atoms with Crippen LogP contribution in [0.25, 0.3) is 22.2 Å². The second-order valence-corrected chi connectivity index (χ2v) is 7.38. The molecule has 1 saturated heterocycles. The Bertz CT molecular complexity index is 1260. The Balaban J connectivity index is 1.56. The number of non-ortho nitro benzene ring substituents is 1. The Hall–Kier alpha value is -4.08. The van der Waals surface area contributed by atoms with Gasteiger partial charge in [0.25, 0.3) is 5.69 Å². The molecule has 156 valence electrons. The minimum Gasteiger partial charge on any atom is -0.353 e. The van der Waals surface area contributed by atoms with Crippen LogP contribution in [0, 0.1) is 10.1 Å². The zero-order chi connectivity index (χ0) is 21.2. The van der Waals surface area contributed by atoms with Gasteiger partial charge in [-0.15, -0.1) is 10.2 Å². The lowest BCUT2D eigenvalue weighted by atomic mass is 10.1. The van der Waals surface area contributed by atoms with Crippen molar-refractivity contribution in [3.05, 3.63) is 58.6 Å². The highest BCUT2D eigenvalue weighted by atomic mass is 16.6. The largest absolute Gasteiger partial charge is 0.353 e. The number of para-hydroxylation sites is 2. The van der Waals surface area contributed by atoms with Crippen LogP contribution in [-0.4, -0.2) is 38.2 Å². The first-order chi connectivity index (χ1) is 15.2. The van der Waals surface area contributed by atoms with Crippen molar-refractivity contribution in [2.24, 2.45) is 0 Å². The molecule has 0 atom stereocenters. The van der Waals surface area contributed by atoms with E-state index < -0.39 is 4.92 Å². The van der Waals surface area contributed by atoms with Gasteiger partial charge in [0.1, 0.15) is 11.2 Å². The number of aromatic nitrogens is 4. The van der Waals surface area contributed by atoms with Gasteiger partial charge in [-0.1, -0.05) is 12.1 Å². The quantitative estimate of drug-likeness (QED) is 0.283. The first-order valence-corrected chi connectivity index (χ1v) is 10.1. The number of benzene rings is 2. The minimum atomic E-state index is -0.424. The maximum atomic E-state index is 10.9. The molecule has 2 aromatic carbocycles. The molecule has 0 aliphatic carbocycles. The van der Waals surface area contributed by atoms with Gasteiger partial charge in [-0.2, -0.15) is 0 Å². The van der Waals surface area contributed by atoms with Crippen molar-refractivity contribution < 1.29 is 4.92 Å². The van der Waals surface area contributed by atoms with Crippen molar-refractivity contribution in [1.29, 1.82) is 0 Å². The van der Waals surface area contributed by atoms with Gasteiger partial charge in [-0.25, -0.2) is 9.97 Å². The third-order valence-corrected chi connectivity index (χ3v) is 5.32. The summed E-state index contributed by atoms with van der Waals surface area (Å²) in [4.78, 5) is 22.1. The molecule has 0 spiro atoms. The van der Waals surface area contributed by atoms with Gasteiger partial charge in [0.15, 0.2) is 5.82 Å². The fourth-order valence-electron chi connectivity index (χ4n) is 3.72. The molecular weight excluding hydrogens is 396 g/mol. The molecule has 2 N–H and O–H groups in total. The summed E-state index contributed by atoms with van der Waals surface area (Å²) < 4.78 is 0. The van der Waals surface area contributed by atoms with E-state index in [0.29, 0.717) is 28.4 Å². The Morgan fingerprint density at radius 3 is 2.29 bits per heavy atom. The summed E-state index contributed by atoms with van der Waals surface area (Å²) in [6.45, 7) is 1.79. The lowest BCUT2D eigenvalue weighted by molar-refractivity contribution is -0.384. The smallest absolute Gasteiger partial charge is 0.269 e. The molecule has 1 aliphatic heterocycles. The van der Waals surface area contributed by atoms with E-state index in [1.165, 1.54) is 18.6 Å². The summed E-state index contributed by atoms with van der Waals surface area (Å²) in [6, 6.07) is 13.8. The number of fused-ring (bicyclic) bond motifs is 2. The van der Waals surface area contributed by atoms with Crippen LogP contribution in [0.3, 0.4) is 0 Å². The number of rotatable bonds is 5. The van der Waals surface area contributed by atoms with E-state index in [1.54, 1.807) is 12.1 Å². The normalized spacial score (nSPS) is 14.0. The zero-order valence-corrected chi connectivity index (χ0v) is 16.7. The molecule has 2 aromatic heterocycles. The average molecular weight is 416 g/mol. The maximum absolute atomic E-state index is 10.9. The van der Waals surface area contributed by atoms with Gasteiger partial charge in [0.05, 0.1) is 21.6 Å². The second kappa shape index (κ2) is 7.98. The molecule has 0 amide bonds. The van der Waals surface area contributed by atoms with E-state index >= 15 is 0 Å². The number of nitrogens with one attached hydrogen (secondary N) is 2. The predicted octanol–water partition coefficient (Wildman–Crippen LogP) is 3.91. The molecule has 31 heavy (non-hydrogen) atoms. The number of hydrogen-bond acceptors (Lipinski definition) is 9. The summed E-state index contributed by atoms with van der Waals surface area (Å²) in [7, 11) is 0. The minimum absolute atomic E-state index is 0.0351. The van der Waals surface area contributed by atoms with Crippen LogP contribution in [-0.2, 0) is 0 Å². The second-order valence-electron chi connectivity index (χ2n) is 7.38. The van der Waals surface area contributed by atoms with E-state index in [4.69, 9.17) is 4.98 Å². The Labute approximate surface area is 177 Å². The maximum Gasteiger partial charge on any atom is 0.269 e. The van der Waals surface area contributed by atoms with Crippen LogP contribution in [0.2, 0.25) is 0 Å². The molecule has 10 nitrogen and oxygen atoms in total. The van der Waals surface area contributed by atoms with Gasteiger partial charge in [-0.3, -0.25) is 15.5 Å². The Morgan fingerprint density at radius 2 is 1.58 bits per heavy atom. The van der Waals surface area contributed by atoms with Crippen molar-refractivity contribution in [3.63, 3.8) is 0 Å². The highest BCUT2D eigenvalue weighted by Crippen LogP contribution is 2.31. The molecule has 0 bridgehead atoms. The van der Waals surface area contributed by atoms with E-state index in [1.807, 2.05) is 24.3 Å². The third-order valence-electron chi connectivity index (χ3n) is 5.32. The molecule has 1 aliphatic rings. The van der Waals surface area contributed by atoms with E-state index in [0.717, 1.165) is 37.0 Å². The molecule has 3 heterocycles. The van der Waals surface area contributed by atoms with E-state index in [9.17, 15) is 10.1 Å². The number of nitrogens with zero attached hydrogens (tertiary/aromatic N) is 6. The van der Waals surface area contributed by atoms with Gasteiger partial charge in [-0.05, 0) is 43.5 Å². The lowest BCUT2D eigenvalue weighted by Crippen LogP contribution is -2.31. The zero-order valence-electron chi connectivity index (χ0n) is 16.7. The van der Waals surface area contributed by atoms with Gasteiger partial charge in [0, 0.05) is 25.2 Å². The summed E-state index contributed by atoms with van der Waals surface area (Å²) in [6.07, 6.45) is 3.39. The summed E-state index contributed by atoms with van der Waals surface area (Å²) >= 11 is 0. The molecule has 10 heteroatoms. The fraction of sp³-hybridized carbons (Fsp3) is 0.238. The van der Waals surface area contributed by atoms with E-state index in [2.05, 4.69) is 30.9 Å². The monoisotopic (exact) mass is 416 g/mol.